The van der Waals surface area contributed by atoms with Crippen molar-refractivity contribution in [3.8, 4) is 0 Å². The van der Waals surface area contributed by atoms with Crippen LogP contribution in [0.25, 0.3) is 0 Å². The number of nitrogens with zero attached hydrogens (tertiary/aromatic N) is 2. The normalized spacial score (nSPS) is 22.9. The van der Waals surface area contributed by atoms with E-state index in [9.17, 15) is 24.8 Å². The van der Waals surface area contributed by atoms with Crippen LogP contribution in [0.4, 0.5) is 5.69 Å². The van der Waals surface area contributed by atoms with Gasteiger partial charge in [-0.25, -0.2) is 4.79 Å². The number of para-hydroxylation sites is 1. The second kappa shape index (κ2) is 9.78. The van der Waals surface area contributed by atoms with E-state index in [2.05, 4.69) is 25.8 Å². The largest absolute Gasteiger partial charge is 0.408 e. The van der Waals surface area contributed by atoms with Crippen LogP contribution in [0.3, 0.4) is 0 Å². The van der Waals surface area contributed by atoms with E-state index < -0.39 is 49.2 Å². The first-order valence-electron chi connectivity index (χ1n) is 11.4. The highest BCUT2D eigenvalue weighted by Gasteiger charge is 2.55. The number of ether oxygens (including phenoxy) is 2. The van der Waals surface area contributed by atoms with Crippen LogP contribution in [0.1, 0.15) is 44.5 Å². The van der Waals surface area contributed by atoms with E-state index in [1.165, 1.54) is 16.8 Å². The lowest BCUT2D eigenvalue weighted by atomic mass is 10.1. The Bertz CT molecular complexity index is 1200. The summed E-state index contributed by atoms with van der Waals surface area (Å²) >= 11 is 0. The molecule has 3 atom stereocenters. The molecule has 11 nitrogen and oxygen atoms in total. The van der Waals surface area contributed by atoms with Crippen LogP contribution in [0, 0.1) is 17.0 Å². The van der Waals surface area contributed by atoms with Crippen molar-refractivity contribution in [2.45, 2.75) is 77.0 Å². The first kappa shape index (κ1) is 27.0. The first-order chi connectivity index (χ1) is 16.2. The summed E-state index contributed by atoms with van der Waals surface area (Å²) in [6, 6.07) is 6.14. The SMILES string of the molecule is Cc1cn([C@H]2C[C@H](O[Si](C)(C)C(C)(C)C)[C@@](CO)(OCc3ccccc3[N+](=O)[O-])O2)c(=O)[nH]c1=O. The van der Waals surface area contributed by atoms with E-state index in [-0.39, 0.29) is 23.8 Å². The number of hydrogen-bond acceptors (Lipinski definition) is 8. The maximum absolute atomic E-state index is 12.5. The summed E-state index contributed by atoms with van der Waals surface area (Å²) in [7, 11) is -2.40. The molecule has 0 radical (unpaired) electrons. The number of benzene rings is 1. The molecule has 1 aliphatic rings. The van der Waals surface area contributed by atoms with E-state index in [4.69, 9.17) is 13.9 Å². The van der Waals surface area contributed by atoms with Gasteiger partial charge in [0.2, 0.25) is 5.79 Å². The number of aliphatic hydroxyl groups excluding tert-OH is 1. The Morgan fingerprint density at radius 2 is 1.97 bits per heavy atom. The van der Waals surface area contributed by atoms with Crippen molar-refractivity contribution in [1.82, 2.24) is 9.55 Å². The minimum absolute atomic E-state index is 0.121. The Morgan fingerprint density at radius 3 is 2.57 bits per heavy atom. The maximum atomic E-state index is 12.5. The monoisotopic (exact) mass is 507 g/mol. The zero-order chi connectivity index (χ0) is 26.2. The molecule has 0 saturated carbocycles. The van der Waals surface area contributed by atoms with Gasteiger partial charge in [0.1, 0.15) is 12.3 Å². The van der Waals surface area contributed by atoms with Crippen LogP contribution >= 0.6 is 0 Å². The van der Waals surface area contributed by atoms with E-state index in [1.54, 1.807) is 25.1 Å². The summed E-state index contributed by atoms with van der Waals surface area (Å²) in [4.78, 5) is 37.6. The molecule has 1 aliphatic heterocycles. The fourth-order valence-electron chi connectivity index (χ4n) is 3.68. The predicted octanol–water partition coefficient (Wildman–Crippen LogP) is 2.97. The molecule has 12 heteroatoms. The minimum Gasteiger partial charge on any atom is -0.408 e. The molecule has 3 rings (SSSR count). The van der Waals surface area contributed by atoms with Gasteiger partial charge < -0.3 is 19.0 Å². The van der Waals surface area contributed by atoms with Crippen molar-refractivity contribution in [2.75, 3.05) is 6.61 Å². The van der Waals surface area contributed by atoms with Crippen molar-refractivity contribution >= 4 is 14.0 Å². The average molecular weight is 508 g/mol. The second-order valence-corrected chi connectivity index (χ2v) is 15.1. The smallest absolute Gasteiger partial charge is 0.330 e. The highest BCUT2D eigenvalue weighted by atomic mass is 28.4. The molecule has 2 N–H and O–H groups in total. The molecule has 0 spiro atoms. The average Bonchev–Trinajstić information content (AvgIpc) is 3.12. The number of nitro groups is 1. The molecular formula is C23H33N3O8Si. The molecule has 192 valence electrons. The van der Waals surface area contributed by atoms with Gasteiger partial charge in [-0.3, -0.25) is 24.5 Å². The van der Waals surface area contributed by atoms with Crippen LogP contribution in [0.15, 0.2) is 40.1 Å². The van der Waals surface area contributed by atoms with Crippen molar-refractivity contribution in [3.05, 3.63) is 72.5 Å². The fraction of sp³-hybridized carbons (Fsp3) is 0.565. The van der Waals surface area contributed by atoms with Gasteiger partial charge >= 0.3 is 5.69 Å². The summed E-state index contributed by atoms with van der Waals surface area (Å²) in [5, 5.41) is 21.8. The number of rotatable bonds is 8. The molecule has 0 bridgehead atoms. The van der Waals surface area contributed by atoms with Gasteiger partial charge in [0.25, 0.3) is 11.2 Å². The third-order valence-electron chi connectivity index (χ3n) is 6.82. The van der Waals surface area contributed by atoms with E-state index in [0.717, 1.165) is 0 Å². The number of aliphatic hydroxyl groups is 1. The van der Waals surface area contributed by atoms with Crippen LogP contribution in [0.5, 0.6) is 0 Å². The van der Waals surface area contributed by atoms with Crippen LogP contribution in [-0.2, 0) is 20.5 Å². The molecule has 2 aromatic rings. The Morgan fingerprint density at radius 1 is 1.31 bits per heavy atom. The summed E-state index contributed by atoms with van der Waals surface area (Å²) in [5.74, 6) is -1.69. The molecule has 1 aromatic carbocycles. The topological polar surface area (TPSA) is 146 Å². The Kier molecular flexibility index (Phi) is 7.53. The van der Waals surface area contributed by atoms with Gasteiger partial charge in [-0.05, 0) is 31.1 Å². The fourth-order valence-corrected chi connectivity index (χ4v) is 5.02. The lowest BCUT2D eigenvalue weighted by molar-refractivity contribution is -0.386. The van der Waals surface area contributed by atoms with Gasteiger partial charge in [0, 0.05) is 24.2 Å². The molecule has 1 fully saturated rings. The van der Waals surface area contributed by atoms with E-state index >= 15 is 0 Å². The van der Waals surface area contributed by atoms with Crippen LogP contribution in [0.2, 0.25) is 18.1 Å². The number of hydrogen-bond donors (Lipinski definition) is 2. The number of aromatic nitrogens is 2. The summed E-state index contributed by atoms with van der Waals surface area (Å²) in [5.41, 5.74) is -0.661. The molecule has 1 aromatic heterocycles. The minimum atomic E-state index is -2.40. The van der Waals surface area contributed by atoms with Gasteiger partial charge in [0.15, 0.2) is 8.32 Å². The Labute approximate surface area is 203 Å². The number of H-pyrrole nitrogens is 1. The highest BCUT2D eigenvalue weighted by molar-refractivity contribution is 6.74. The van der Waals surface area contributed by atoms with Gasteiger partial charge in [-0.1, -0.05) is 32.9 Å². The third-order valence-corrected chi connectivity index (χ3v) is 11.3. The van der Waals surface area contributed by atoms with Gasteiger partial charge in [-0.15, -0.1) is 0 Å². The molecule has 35 heavy (non-hydrogen) atoms. The van der Waals surface area contributed by atoms with Crippen molar-refractivity contribution < 1.29 is 23.9 Å². The van der Waals surface area contributed by atoms with Crippen molar-refractivity contribution in [1.29, 1.82) is 0 Å². The lowest BCUT2D eigenvalue weighted by Crippen LogP contribution is -2.53. The molecule has 0 unspecified atom stereocenters. The van der Waals surface area contributed by atoms with Gasteiger partial charge in [-0.2, -0.15) is 0 Å². The standard InChI is InChI=1S/C23H33N3O8Si/c1-15-12-25(21(29)24-20(15)28)19-11-18(34-35(5,6)22(2,3)4)23(14-27,33-19)32-13-16-9-7-8-10-17(16)26(30)31/h7-10,12,18-19,27H,11,13-14H2,1-6H3,(H,24,28,29)/t18-,19+,23-/m0/s1. The molecule has 2 heterocycles. The Hall–Kier alpha value is -2.64. The molecular weight excluding hydrogens is 474 g/mol. The second-order valence-electron chi connectivity index (χ2n) is 10.3. The number of aromatic amines is 1. The molecule has 0 amide bonds. The number of aryl methyl sites for hydroxylation is 1. The maximum Gasteiger partial charge on any atom is 0.330 e. The van der Waals surface area contributed by atoms with Crippen LogP contribution < -0.4 is 11.2 Å². The van der Waals surface area contributed by atoms with Gasteiger partial charge in [0.05, 0.1) is 23.7 Å². The predicted molar refractivity (Wildman–Crippen MR) is 131 cm³/mol. The lowest BCUT2D eigenvalue weighted by Gasteiger charge is -2.42. The first-order valence-corrected chi connectivity index (χ1v) is 14.3. The van der Waals surface area contributed by atoms with Crippen LogP contribution in [-0.4, -0.2) is 46.4 Å². The molecule has 1 saturated heterocycles. The summed E-state index contributed by atoms with van der Waals surface area (Å²) < 4.78 is 20.0. The summed E-state index contributed by atoms with van der Waals surface area (Å²) in [6.45, 7) is 11.0. The third kappa shape index (κ3) is 5.46. The number of nitro benzene ring substituents is 1. The molecule has 0 aliphatic carbocycles. The quantitative estimate of drug-likeness (QED) is 0.315. The van der Waals surface area contributed by atoms with Crippen molar-refractivity contribution in [3.63, 3.8) is 0 Å². The zero-order valence-corrected chi connectivity index (χ0v) is 21.9. The zero-order valence-electron chi connectivity index (χ0n) is 20.9. The number of nitrogens with one attached hydrogen (secondary N) is 1. The van der Waals surface area contributed by atoms with E-state index in [1.807, 2.05) is 13.1 Å². The van der Waals surface area contributed by atoms with Crippen molar-refractivity contribution in [2.24, 2.45) is 0 Å². The van der Waals surface area contributed by atoms with E-state index in [0.29, 0.717) is 11.1 Å². The Balaban J connectivity index is 2.01. The highest BCUT2D eigenvalue weighted by Crippen LogP contribution is 2.45. The summed E-state index contributed by atoms with van der Waals surface area (Å²) in [6.07, 6.45) is -0.119.